The van der Waals surface area contributed by atoms with Gasteiger partial charge in [-0.2, -0.15) is 0 Å². The quantitative estimate of drug-likeness (QED) is 0.742. The van der Waals surface area contributed by atoms with Crippen molar-refractivity contribution < 1.29 is 9.90 Å². The van der Waals surface area contributed by atoms with Crippen LogP contribution in [0.1, 0.15) is 29.3 Å². The molecule has 1 aromatic rings. The van der Waals surface area contributed by atoms with Crippen molar-refractivity contribution >= 4 is 5.91 Å². The third kappa shape index (κ3) is 4.17. The highest BCUT2D eigenvalue weighted by Crippen LogP contribution is 2.11. The molecule has 0 aliphatic rings. The highest BCUT2D eigenvalue weighted by molar-refractivity contribution is 5.94. The molecule has 0 aliphatic heterocycles. The van der Waals surface area contributed by atoms with E-state index in [4.69, 9.17) is 10.8 Å². The van der Waals surface area contributed by atoms with Gasteiger partial charge in [-0.15, -0.1) is 0 Å². The molecule has 0 saturated heterocycles. The summed E-state index contributed by atoms with van der Waals surface area (Å²) in [7, 11) is 0. The Balaban J connectivity index is 2.80. The van der Waals surface area contributed by atoms with E-state index in [-0.39, 0.29) is 6.61 Å². The molecule has 0 fully saturated rings. The third-order valence-electron chi connectivity index (χ3n) is 2.63. The second kappa shape index (κ2) is 7.04. The standard InChI is InChI=1S/C13H20N2O2/c1-2-7-15(8-9-16)10-11-5-3-4-6-12(11)13(14)17/h3-6,16H,2,7-10H2,1H3,(H2,14,17). The molecule has 0 aromatic heterocycles. The van der Waals surface area contributed by atoms with Crippen molar-refractivity contribution in [1.29, 1.82) is 0 Å². The Hall–Kier alpha value is -1.39. The molecule has 1 amide bonds. The largest absolute Gasteiger partial charge is 0.395 e. The SMILES string of the molecule is CCCN(CCO)Cc1ccccc1C(N)=O. The first kappa shape index (κ1) is 13.7. The summed E-state index contributed by atoms with van der Waals surface area (Å²) in [5, 5.41) is 8.99. The zero-order valence-corrected chi connectivity index (χ0v) is 10.2. The number of nitrogens with zero attached hydrogens (tertiary/aromatic N) is 1. The Kier molecular flexibility index (Phi) is 5.66. The van der Waals surface area contributed by atoms with Gasteiger partial charge in [0, 0.05) is 18.7 Å². The first-order valence-corrected chi connectivity index (χ1v) is 5.90. The molecule has 3 N–H and O–H groups in total. The molecule has 0 bridgehead atoms. The average Bonchev–Trinajstić information content (AvgIpc) is 2.30. The smallest absolute Gasteiger partial charge is 0.249 e. The van der Waals surface area contributed by atoms with Gasteiger partial charge in [0.2, 0.25) is 5.91 Å². The molecule has 0 aliphatic carbocycles. The second-order valence-electron chi connectivity index (χ2n) is 4.02. The monoisotopic (exact) mass is 236 g/mol. The van der Waals surface area contributed by atoms with Gasteiger partial charge >= 0.3 is 0 Å². The van der Waals surface area contributed by atoms with Crippen LogP contribution in [0.25, 0.3) is 0 Å². The van der Waals surface area contributed by atoms with Gasteiger partial charge in [-0.1, -0.05) is 25.1 Å². The van der Waals surface area contributed by atoms with Crippen LogP contribution in [0.4, 0.5) is 0 Å². The Morgan fingerprint density at radius 1 is 1.35 bits per heavy atom. The molecule has 0 atom stereocenters. The van der Waals surface area contributed by atoms with Crippen molar-refractivity contribution in [1.82, 2.24) is 4.90 Å². The lowest BCUT2D eigenvalue weighted by molar-refractivity contribution is 0.0998. The Bertz CT molecular complexity index is 360. The highest BCUT2D eigenvalue weighted by Gasteiger charge is 2.10. The lowest BCUT2D eigenvalue weighted by Gasteiger charge is -2.21. The Labute approximate surface area is 102 Å². The van der Waals surface area contributed by atoms with Gasteiger partial charge in [0.15, 0.2) is 0 Å². The van der Waals surface area contributed by atoms with Crippen LogP contribution in [0.3, 0.4) is 0 Å². The molecule has 0 heterocycles. The summed E-state index contributed by atoms with van der Waals surface area (Å²) in [6.07, 6.45) is 1.01. The molecule has 17 heavy (non-hydrogen) atoms. The molecule has 94 valence electrons. The van der Waals surface area contributed by atoms with Crippen LogP contribution in [0.15, 0.2) is 24.3 Å². The number of nitrogens with two attached hydrogens (primary N) is 1. The molecular formula is C13H20N2O2. The maximum atomic E-state index is 11.3. The van der Waals surface area contributed by atoms with E-state index in [0.29, 0.717) is 18.7 Å². The van der Waals surface area contributed by atoms with Gasteiger partial charge < -0.3 is 10.8 Å². The lowest BCUT2D eigenvalue weighted by atomic mass is 10.1. The van der Waals surface area contributed by atoms with E-state index in [1.165, 1.54) is 0 Å². The topological polar surface area (TPSA) is 66.6 Å². The van der Waals surface area contributed by atoms with Crippen molar-refractivity contribution in [2.24, 2.45) is 5.73 Å². The fraction of sp³-hybridized carbons (Fsp3) is 0.462. The fourth-order valence-electron chi connectivity index (χ4n) is 1.87. The van der Waals surface area contributed by atoms with Gasteiger partial charge in [0.05, 0.1) is 6.61 Å². The van der Waals surface area contributed by atoms with E-state index in [9.17, 15) is 4.79 Å². The molecule has 0 saturated carbocycles. The molecular weight excluding hydrogens is 216 g/mol. The molecule has 0 spiro atoms. The molecule has 0 unspecified atom stereocenters. The number of aliphatic hydroxyl groups is 1. The molecule has 4 nitrogen and oxygen atoms in total. The number of primary amides is 1. The fourth-order valence-corrected chi connectivity index (χ4v) is 1.87. The van der Waals surface area contributed by atoms with Crippen LogP contribution in [0.5, 0.6) is 0 Å². The van der Waals surface area contributed by atoms with Crippen molar-refractivity contribution in [3.05, 3.63) is 35.4 Å². The summed E-state index contributed by atoms with van der Waals surface area (Å²) in [5.41, 5.74) is 6.81. The van der Waals surface area contributed by atoms with Crippen molar-refractivity contribution in [3.63, 3.8) is 0 Å². The lowest BCUT2D eigenvalue weighted by Crippen LogP contribution is -2.28. The number of carbonyl (C=O) groups excluding carboxylic acids is 1. The molecule has 1 rings (SSSR count). The van der Waals surface area contributed by atoms with E-state index >= 15 is 0 Å². The van der Waals surface area contributed by atoms with Gasteiger partial charge in [-0.3, -0.25) is 9.69 Å². The highest BCUT2D eigenvalue weighted by atomic mass is 16.3. The number of amides is 1. The minimum atomic E-state index is -0.402. The second-order valence-corrected chi connectivity index (χ2v) is 4.02. The maximum Gasteiger partial charge on any atom is 0.249 e. The van der Waals surface area contributed by atoms with Gasteiger partial charge in [0.1, 0.15) is 0 Å². The number of aliphatic hydroxyl groups excluding tert-OH is 1. The summed E-state index contributed by atoms with van der Waals surface area (Å²) in [6.45, 7) is 4.37. The predicted octanol–water partition coefficient (Wildman–Crippen LogP) is 0.990. The molecule has 1 aromatic carbocycles. The number of rotatable bonds is 7. The van der Waals surface area contributed by atoms with Crippen molar-refractivity contribution in [3.8, 4) is 0 Å². The summed E-state index contributed by atoms with van der Waals surface area (Å²) >= 11 is 0. The third-order valence-corrected chi connectivity index (χ3v) is 2.63. The van der Waals surface area contributed by atoms with Crippen LogP contribution >= 0.6 is 0 Å². The zero-order valence-electron chi connectivity index (χ0n) is 10.2. The number of carbonyl (C=O) groups is 1. The minimum absolute atomic E-state index is 0.124. The Morgan fingerprint density at radius 3 is 2.65 bits per heavy atom. The average molecular weight is 236 g/mol. The van der Waals surface area contributed by atoms with E-state index in [1.807, 2.05) is 12.1 Å². The zero-order chi connectivity index (χ0) is 12.7. The summed E-state index contributed by atoms with van der Waals surface area (Å²) in [4.78, 5) is 13.4. The van der Waals surface area contributed by atoms with Crippen LogP contribution in [-0.4, -0.2) is 35.6 Å². The molecule has 4 heteroatoms. The van der Waals surface area contributed by atoms with Gasteiger partial charge in [0.25, 0.3) is 0 Å². The first-order valence-electron chi connectivity index (χ1n) is 5.90. The van der Waals surface area contributed by atoms with Crippen LogP contribution in [0.2, 0.25) is 0 Å². The molecule has 0 radical (unpaired) electrons. The number of hydrogen-bond acceptors (Lipinski definition) is 3. The normalized spacial score (nSPS) is 10.8. The predicted molar refractivity (Wildman–Crippen MR) is 67.6 cm³/mol. The van der Waals surface area contributed by atoms with Gasteiger partial charge in [-0.05, 0) is 24.6 Å². The van der Waals surface area contributed by atoms with Crippen LogP contribution in [-0.2, 0) is 6.54 Å². The van der Waals surface area contributed by atoms with E-state index in [1.54, 1.807) is 12.1 Å². The first-order chi connectivity index (χ1) is 8.19. The van der Waals surface area contributed by atoms with Crippen LogP contribution in [0, 0.1) is 0 Å². The number of benzene rings is 1. The van der Waals surface area contributed by atoms with Crippen molar-refractivity contribution in [2.45, 2.75) is 19.9 Å². The summed E-state index contributed by atoms with van der Waals surface area (Å²) in [6, 6.07) is 7.34. The number of hydrogen-bond donors (Lipinski definition) is 2. The van der Waals surface area contributed by atoms with Gasteiger partial charge in [-0.25, -0.2) is 0 Å². The van der Waals surface area contributed by atoms with E-state index < -0.39 is 5.91 Å². The summed E-state index contributed by atoms with van der Waals surface area (Å²) in [5.74, 6) is -0.402. The van der Waals surface area contributed by atoms with E-state index in [0.717, 1.165) is 18.5 Å². The van der Waals surface area contributed by atoms with Crippen LogP contribution < -0.4 is 5.73 Å². The summed E-state index contributed by atoms with van der Waals surface area (Å²) < 4.78 is 0. The maximum absolute atomic E-state index is 11.3. The van der Waals surface area contributed by atoms with Crippen molar-refractivity contribution in [2.75, 3.05) is 19.7 Å². The van der Waals surface area contributed by atoms with E-state index in [2.05, 4.69) is 11.8 Å². The Morgan fingerprint density at radius 2 is 2.06 bits per heavy atom. The minimum Gasteiger partial charge on any atom is -0.395 e.